The Morgan fingerprint density at radius 2 is 2.08 bits per heavy atom. The van der Waals surface area contributed by atoms with Crippen LogP contribution in [0.3, 0.4) is 0 Å². The summed E-state index contributed by atoms with van der Waals surface area (Å²) in [6, 6.07) is 6.92. The molecule has 0 unspecified atom stereocenters. The van der Waals surface area contributed by atoms with Crippen LogP contribution in [0.2, 0.25) is 0 Å². The number of esters is 1. The fraction of sp³-hybridized carbons (Fsp3) is 0.250. The van der Waals surface area contributed by atoms with Crippen molar-refractivity contribution in [2.24, 2.45) is 0 Å². The molecule has 2 heterocycles. The number of aromatic nitrogens is 2. The lowest BCUT2D eigenvalue weighted by atomic mass is 10.1. The second-order valence-electron chi connectivity index (χ2n) is 5.22. The molecule has 0 saturated carbocycles. The molecule has 0 aliphatic carbocycles. The lowest BCUT2D eigenvalue weighted by Crippen LogP contribution is -2.27. The molecule has 2 aromatic rings. The third kappa shape index (κ3) is 3.12. The minimum atomic E-state index is -0.383. The van der Waals surface area contributed by atoms with Gasteiger partial charge in [-0.05, 0) is 24.6 Å². The first-order valence-corrected chi connectivity index (χ1v) is 7.31. The van der Waals surface area contributed by atoms with Crippen molar-refractivity contribution in [1.82, 2.24) is 9.97 Å². The quantitative estimate of drug-likeness (QED) is 0.824. The molecule has 124 valence electrons. The zero-order valence-electron chi connectivity index (χ0n) is 13.2. The Labute approximate surface area is 138 Å². The summed E-state index contributed by atoms with van der Waals surface area (Å²) in [4.78, 5) is 31.1. The minimum absolute atomic E-state index is 0.0615. The van der Waals surface area contributed by atoms with Crippen molar-refractivity contribution in [2.75, 3.05) is 24.4 Å². The summed E-state index contributed by atoms with van der Waals surface area (Å²) < 4.78 is 9.94. The maximum Gasteiger partial charge on any atom is 0.337 e. The monoisotopic (exact) mass is 328 g/mol. The van der Waals surface area contributed by atoms with Gasteiger partial charge in [0.2, 0.25) is 5.88 Å². The molecule has 1 aromatic carbocycles. The van der Waals surface area contributed by atoms with E-state index >= 15 is 0 Å². The van der Waals surface area contributed by atoms with Gasteiger partial charge in [-0.1, -0.05) is 12.1 Å². The molecule has 1 amide bonds. The molecule has 0 bridgehead atoms. The van der Waals surface area contributed by atoms with E-state index in [0.717, 1.165) is 5.56 Å². The number of nitrogens with one attached hydrogen (secondary N) is 2. The van der Waals surface area contributed by atoms with Gasteiger partial charge in [0, 0.05) is 0 Å². The molecule has 0 fully saturated rings. The Balaban J connectivity index is 1.79. The van der Waals surface area contributed by atoms with Gasteiger partial charge in [0.15, 0.2) is 12.4 Å². The van der Waals surface area contributed by atoms with Crippen LogP contribution in [0.25, 0.3) is 0 Å². The highest BCUT2D eigenvalue weighted by Gasteiger charge is 2.22. The van der Waals surface area contributed by atoms with Gasteiger partial charge in [-0.2, -0.15) is 4.98 Å². The van der Waals surface area contributed by atoms with Gasteiger partial charge in [-0.15, -0.1) is 0 Å². The number of ether oxygens (including phenoxy) is 2. The SMILES string of the molecule is COC(=O)c1ccc([C@H](C)Nc2ncnc3c2NC(=O)CO3)cc1. The van der Waals surface area contributed by atoms with E-state index in [1.54, 1.807) is 12.1 Å². The number of benzene rings is 1. The predicted octanol–water partition coefficient (Wildman–Crippen LogP) is 1.77. The van der Waals surface area contributed by atoms with Crippen LogP contribution in [0.4, 0.5) is 11.5 Å². The predicted molar refractivity (Wildman–Crippen MR) is 86.0 cm³/mol. The highest BCUT2D eigenvalue weighted by molar-refractivity contribution is 5.97. The molecular formula is C16H16N4O4. The van der Waals surface area contributed by atoms with Gasteiger partial charge in [-0.3, -0.25) is 4.79 Å². The number of rotatable bonds is 4. The Kier molecular flexibility index (Phi) is 4.28. The fourth-order valence-corrected chi connectivity index (χ4v) is 2.32. The van der Waals surface area contributed by atoms with E-state index in [9.17, 15) is 9.59 Å². The molecule has 0 radical (unpaired) electrons. The Morgan fingerprint density at radius 3 is 2.79 bits per heavy atom. The summed E-state index contributed by atoms with van der Waals surface area (Å²) in [7, 11) is 1.34. The molecule has 2 N–H and O–H groups in total. The average Bonchev–Trinajstić information content (AvgIpc) is 2.61. The number of nitrogens with zero attached hydrogens (tertiary/aromatic N) is 2. The Bertz CT molecular complexity index is 776. The number of amides is 1. The molecule has 8 nitrogen and oxygen atoms in total. The largest absolute Gasteiger partial charge is 0.466 e. The number of fused-ring (bicyclic) bond motifs is 1. The number of carbonyl (C=O) groups excluding carboxylic acids is 2. The summed E-state index contributed by atoms with van der Waals surface area (Å²) in [5, 5.41) is 5.91. The third-order valence-electron chi connectivity index (χ3n) is 3.60. The highest BCUT2D eigenvalue weighted by Crippen LogP contribution is 2.32. The Morgan fingerprint density at radius 1 is 1.33 bits per heavy atom. The number of anilines is 2. The topological polar surface area (TPSA) is 102 Å². The van der Waals surface area contributed by atoms with Crippen LogP contribution in [-0.2, 0) is 9.53 Å². The second kappa shape index (κ2) is 6.53. The smallest absolute Gasteiger partial charge is 0.337 e. The zero-order chi connectivity index (χ0) is 17.1. The van der Waals surface area contributed by atoms with Gasteiger partial charge in [0.05, 0.1) is 18.7 Å². The first-order chi connectivity index (χ1) is 11.6. The minimum Gasteiger partial charge on any atom is -0.466 e. The molecule has 24 heavy (non-hydrogen) atoms. The fourth-order valence-electron chi connectivity index (χ4n) is 2.32. The molecule has 8 heteroatoms. The highest BCUT2D eigenvalue weighted by atomic mass is 16.5. The van der Waals surface area contributed by atoms with Crippen LogP contribution in [0, 0.1) is 0 Å². The summed E-state index contributed by atoms with van der Waals surface area (Å²) >= 11 is 0. The van der Waals surface area contributed by atoms with Crippen molar-refractivity contribution in [2.45, 2.75) is 13.0 Å². The lowest BCUT2D eigenvalue weighted by molar-refractivity contribution is -0.118. The second-order valence-corrected chi connectivity index (χ2v) is 5.22. The molecule has 0 spiro atoms. The average molecular weight is 328 g/mol. The maximum absolute atomic E-state index is 11.5. The molecule has 1 aliphatic rings. The summed E-state index contributed by atoms with van der Waals surface area (Å²) in [6.45, 7) is 1.88. The van der Waals surface area contributed by atoms with E-state index in [1.165, 1.54) is 13.4 Å². The van der Waals surface area contributed by atoms with E-state index in [1.807, 2.05) is 19.1 Å². The van der Waals surface area contributed by atoms with Gasteiger partial charge >= 0.3 is 5.97 Å². The first kappa shape index (κ1) is 15.7. The number of hydrogen-bond acceptors (Lipinski definition) is 7. The normalized spacial score (nSPS) is 14.0. The van der Waals surface area contributed by atoms with Gasteiger partial charge in [0.1, 0.15) is 12.0 Å². The van der Waals surface area contributed by atoms with E-state index in [4.69, 9.17) is 4.74 Å². The van der Waals surface area contributed by atoms with Crippen molar-refractivity contribution < 1.29 is 19.1 Å². The van der Waals surface area contributed by atoms with Crippen LogP contribution < -0.4 is 15.4 Å². The summed E-state index contributed by atoms with van der Waals surface area (Å²) in [6.07, 6.45) is 1.37. The van der Waals surface area contributed by atoms with Crippen LogP contribution >= 0.6 is 0 Å². The Hall–Kier alpha value is -3.16. The van der Waals surface area contributed by atoms with Crippen LogP contribution in [0.1, 0.15) is 28.9 Å². The van der Waals surface area contributed by atoms with Crippen molar-refractivity contribution in [3.05, 3.63) is 41.7 Å². The van der Waals surface area contributed by atoms with Gasteiger partial charge in [-0.25, -0.2) is 9.78 Å². The molecule has 0 saturated heterocycles. The van der Waals surface area contributed by atoms with Gasteiger partial charge < -0.3 is 20.1 Å². The first-order valence-electron chi connectivity index (χ1n) is 7.31. The molecule has 1 atom stereocenters. The van der Waals surface area contributed by atoms with E-state index in [2.05, 4.69) is 25.3 Å². The van der Waals surface area contributed by atoms with Crippen molar-refractivity contribution in [3.8, 4) is 5.88 Å². The number of carbonyl (C=O) groups is 2. The van der Waals surface area contributed by atoms with Crippen LogP contribution in [0.5, 0.6) is 5.88 Å². The van der Waals surface area contributed by atoms with Gasteiger partial charge in [0.25, 0.3) is 5.91 Å². The molecular weight excluding hydrogens is 312 g/mol. The van der Waals surface area contributed by atoms with Crippen LogP contribution in [-0.4, -0.2) is 35.6 Å². The number of methoxy groups -OCH3 is 1. The van der Waals surface area contributed by atoms with Crippen molar-refractivity contribution >= 4 is 23.4 Å². The molecule has 3 rings (SSSR count). The van der Waals surface area contributed by atoms with Crippen molar-refractivity contribution in [1.29, 1.82) is 0 Å². The van der Waals surface area contributed by atoms with Crippen LogP contribution in [0.15, 0.2) is 30.6 Å². The third-order valence-corrected chi connectivity index (χ3v) is 3.60. The lowest BCUT2D eigenvalue weighted by Gasteiger charge is -2.21. The standard InChI is InChI=1S/C16H16N4O4/c1-9(10-3-5-11(6-4-10)16(22)23-2)19-14-13-15(18-8-17-14)24-7-12(21)20-13/h3-6,8-9H,7H2,1-2H3,(H,20,21)(H,17,18,19)/t9-/m0/s1. The van der Waals surface area contributed by atoms with E-state index in [0.29, 0.717) is 22.9 Å². The van der Waals surface area contributed by atoms with E-state index in [-0.39, 0.29) is 24.5 Å². The molecule has 1 aliphatic heterocycles. The van der Waals surface area contributed by atoms with E-state index < -0.39 is 0 Å². The summed E-state index contributed by atoms with van der Waals surface area (Å²) in [5.41, 5.74) is 1.85. The molecule has 1 aromatic heterocycles. The zero-order valence-corrected chi connectivity index (χ0v) is 13.2. The van der Waals surface area contributed by atoms with Crippen molar-refractivity contribution in [3.63, 3.8) is 0 Å². The maximum atomic E-state index is 11.5. The summed E-state index contributed by atoms with van der Waals surface area (Å²) in [5.74, 6) is 0.167. The number of hydrogen-bond donors (Lipinski definition) is 2.